The second kappa shape index (κ2) is 7.04. The monoisotopic (exact) mass is 350 g/mol. The molecule has 2 aromatic carbocycles. The minimum absolute atomic E-state index is 0.198. The molecule has 0 aromatic heterocycles. The van der Waals surface area contributed by atoms with Crippen LogP contribution in [-0.2, 0) is 0 Å². The van der Waals surface area contributed by atoms with E-state index in [9.17, 15) is 13.2 Å². The first-order valence-electron chi connectivity index (χ1n) is 7.16. The third-order valence-electron chi connectivity index (χ3n) is 3.46. The second-order valence-corrected chi connectivity index (χ2v) is 6.29. The number of rotatable bonds is 2. The number of halogens is 3. The molecule has 124 valence electrons. The van der Waals surface area contributed by atoms with Crippen molar-refractivity contribution in [2.45, 2.75) is 17.4 Å². The lowest BCUT2D eigenvalue weighted by Gasteiger charge is -2.20. The van der Waals surface area contributed by atoms with Gasteiger partial charge in [0, 0.05) is 22.4 Å². The molecule has 2 aromatic rings. The van der Waals surface area contributed by atoms with Crippen LogP contribution in [-0.4, -0.2) is 11.7 Å². The van der Waals surface area contributed by atoms with Crippen molar-refractivity contribution in [3.8, 4) is 0 Å². The number of nitrogens with zero attached hydrogens (tertiary/aromatic N) is 2. The fourth-order valence-electron chi connectivity index (χ4n) is 2.33. The molecule has 1 heterocycles. The Balaban J connectivity index is 1.71. The van der Waals surface area contributed by atoms with Crippen molar-refractivity contribution in [3.63, 3.8) is 0 Å². The zero-order chi connectivity index (χ0) is 17.1. The Morgan fingerprint density at radius 2 is 1.96 bits per heavy atom. The van der Waals surface area contributed by atoms with Crippen molar-refractivity contribution in [2.75, 3.05) is 11.1 Å². The average Bonchev–Trinajstić information content (AvgIpc) is 2.56. The summed E-state index contributed by atoms with van der Waals surface area (Å²) in [4.78, 5) is 0.951. The molecule has 8 heteroatoms. The lowest BCUT2D eigenvalue weighted by molar-refractivity contribution is 0.509. The Bertz CT molecular complexity index is 810. The van der Waals surface area contributed by atoms with E-state index in [0.717, 1.165) is 28.3 Å². The molecule has 0 radical (unpaired) electrons. The third-order valence-corrected chi connectivity index (χ3v) is 4.58. The fourth-order valence-corrected chi connectivity index (χ4v) is 3.42. The number of thioether (sulfide) groups is 1. The van der Waals surface area contributed by atoms with Gasteiger partial charge in [0.2, 0.25) is 5.96 Å². The van der Waals surface area contributed by atoms with Gasteiger partial charge in [-0.05, 0) is 42.3 Å². The SMILES string of the molecule is N=C(N=NC1CCSc2ccc(F)cc21)Nc1ccc(F)c(F)c1. The lowest BCUT2D eigenvalue weighted by atomic mass is 10.0. The Morgan fingerprint density at radius 3 is 2.75 bits per heavy atom. The topological polar surface area (TPSA) is 60.6 Å². The molecule has 0 fully saturated rings. The zero-order valence-corrected chi connectivity index (χ0v) is 13.2. The van der Waals surface area contributed by atoms with Gasteiger partial charge in [-0.3, -0.25) is 5.41 Å². The molecule has 0 bridgehead atoms. The fraction of sp³-hybridized carbons (Fsp3) is 0.188. The maximum atomic E-state index is 13.4. The number of benzene rings is 2. The van der Waals surface area contributed by atoms with Crippen molar-refractivity contribution in [3.05, 3.63) is 59.4 Å². The Hall–Kier alpha value is -2.35. The van der Waals surface area contributed by atoms with Crippen LogP contribution in [0.4, 0.5) is 18.9 Å². The van der Waals surface area contributed by atoms with E-state index in [1.807, 2.05) is 0 Å². The van der Waals surface area contributed by atoms with Crippen LogP contribution in [0.25, 0.3) is 0 Å². The summed E-state index contributed by atoms with van der Waals surface area (Å²) >= 11 is 1.63. The molecule has 0 amide bonds. The van der Waals surface area contributed by atoms with Crippen LogP contribution in [0.3, 0.4) is 0 Å². The number of azo groups is 1. The maximum Gasteiger partial charge on any atom is 0.239 e. The van der Waals surface area contributed by atoms with E-state index in [4.69, 9.17) is 5.41 Å². The highest BCUT2D eigenvalue weighted by Gasteiger charge is 2.21. The van der Waals surface area contributed by atoms with E-state index in [2.05, 4.69) is 15.5 Å². The summed E-state index contributed by atoms with van der Waals surface area (Å²) in [7, 11) is 0. The van der Waals surface area contributed by atoms with Crippen molar-refractivity contribution in [1.29, 1.82) is 5.41 Å². The first-order valence-corrected chi connectivity index (χ1v) is 8.15. The van der Waals surface area contributed by atoms with Crippen LogP contribution in [0.5, 0.6) is 0 Å². The molecule has 1 atom stereocenters. The standard InChI is InChI=1S/C16H13F3N4S/c17-9-1-4-15-11(7-9)14(5-6-24-15)22-23-16(20)21-10-2-3-12(18)13(19)8-10/h1-4,7-8,14H,5-6H2,(H2,20,21). The van der Waals surface area contributed by atoms with Gasteiger partial charge in [-0.2, -0.15) is 5.11 Å². The van der Waals surface area contributed by atoms with Gasteiger partial charge in [-0.1, -0.05) is 0 Å². The summed E-state index contributed by atoms with van der Waals surface area (Å²) < 4.78 is 39.4. The summed E-state index contributed by atoms with van der Waals surface area (Å²) in [5, 5.41) is 18.1. The van der Waals surface area contributed by atoms with E-state index in [1.54, 1.807) is 17.8 Å². The van der Waals surface area contributed by atoms with Crippen LogP contribution >= 0.6 is 11.8 Å². The van der Waals surface area contributed by atoms with E-state index < -0.39 is 11.6 Å². The second-order valence-electron chi connectivity index (χ2n) is 5.15. The summed E-state index contributed by atoms with van der Waals surface area (Å²) in [6.45, 7) is 0. The normalized spacial score (nSPS) is 16.9. The molecule has 4 nitrogen and oxygen atoms in total. The average molecular weight is 350 g/mol. The molecule has 1 aliphatic heterocycles. The highest BCUT2D eigenvalue weighted by molar-refractivity contribution is 7.99. The predicted octanol–water partition coefficient (Wildman–Crippen LogP) is 5.14. The van der Waals surface area contributed by atoms with Gasteiger partial charge in [0.05, 0.1) is 6.04 Å². The van der Waals surface area contributed by atoms with Crippen molar-refractivity contribution in [2.24, 2.45) is 10.2 Å². The van der Waals surface area contributed by atoms with Crippen LogP contribution < -0.4 is 5.32 Å². The molecular weight excluding hydrogens is 337 g/mol. The van der Waals surface area contributed by atoms with Crippen LogP contribution in [0.2, 0.25) is 0 Å². The van der Waals surface area contributed by atoms with Gasteiger partial charge in [0.15, 0.2) is 11.6 Å². The van der Waals surface area contributed by atoms with Gasteiger partial charge in [-0.15, -0.1) is 16.9 Å². The molecule has 2 N–H and O–H groups in total. The van der Waals surface area contributed by atoms with Crippen LogP contribution in [0, 0.1) is 22.9 Å². The minimum Gasteiger partial charge on any atom is -0.323 e. The van der Waals surface area contributed by atoms with Gasteiger partial charge < -0.3 is 5.32 Å². The molecule has 24 heavy (non-hydrogen) atoms. The van der Waals surface area contributed by atoms with Gasteiger partial charge in [-0.25, -0.2) is 13.2 Å². The largest absolute Gasteiger partial charge is 0.323 e. The van der Waals surface area contributed by atoms with Crippen LogP contribution in [0.15, 0.2) is 51.5 Å². The van der Waals surface area contributed by atoms with Crippen molar-refractivity contribution < 1.29 is 13.2 Å². The Labute approximate surface area is 140 Å². The lowest BCUT2D eigenvalue weighted by Crippen LogP contribution is -2.09. The van der Waals surface area contributed by atoms with Gasteiger partial charge in [0.25, 0.3) is 0 Å². The smallest absolute Gasteiger partial charge is 0.239 e. The molecule has 1 unspecified atom stereocenters. The molecular formula is C16H13F3N4S. The van der Waals surface area contributed by atoms with E-state index >= 15 is 0 Å². The van der Waals surface area contributed by atoms with E-state index in [1.165, 1.54) is 18.2 Å². The summed E-state index contributed by atoms with van der Waals surface area (Å²) in [5.74, 6) is -1.80. The summed E-state index contributed by atoms with van der Waals surface area (Å²) in [5.41, 5.74) is 0.944. The molecule has 3 rings (SSSR count). The number of hydrogen-bond donors (Lipinski definition) is 2. The van der Waals surface area contributed by atoms with Crippen LogP contribution in [0.1, 0.15) is 18.0 Å². The van der Waals surface area contributed by atoms with E-state index in [-0.39, 0.29) is 23.5 Å². The first-order chi connectivity index (χ1) is 11.5. The predicted molar refractivity (Wildman–Crippen MR) is 87.0 cm³/mol. The Morgan fingerprint density at radius 1 is 1.12 bits per heavy atom. The zero-order valence-electron chi connectivity index (χ0n) is 12.4. The summed E-state index contributed by atoms with van der Waals surface area (Å²) in [6.07, 6.45) is 0.684. The van der Waals surface area contributed by atoms with E-state index in [0.29, 0.717) is 6.42 Å². The molecule has 1 aliphatic rings. The number of hydrogen-bond acceptors (Lipinski definition) is 3. The number of nitrogens with one attached hydrogen (secondary N) is 2. The molecule has 0 aliphatic carbocycles. The molecule has 0 saturated carbocycles. The number of guanidine groups is 1. The maximum absolute atomic E-state index is 13.4. The van der Waals surface area contributed by atoms with Gasteiger partial charge in [0.1, 0.15) is 5.82 Å². The van der Waals surface area contributed by atoms with Crippen molar-refractivity contribution >= 4 is 23.4 Å². The number of fused-ring (bicyclic) bond motifs is 1. The van der Waals surface area contributed by atoms with Gasteiger partial charge >= 0.3 is 0 Å². The highest BCUT2D eigenvalue weighted by Crippen LogP contribution is 2.38. The Kier molecular flexibility index (Phi) is 4.84. The molecule has 0 saturated heterocycles. The van der Waals surface area contributed by atoms with Crippen molar-refractivity contribution in [1.82, 2.24) is 0 Å². The summed E-state index contributed by atoms with van der Waals surface area (Å²) in [6, 6.07) is 7.40. The minimum atomic E-state index is -1.02. The highest BCUT2D eigenvalue weighted by atomic mass is 32.2. The first kappa shape index (κ1) is 16.5. The number of anilines is 1. The molecule has 0 spiro atoms. The third kappa shape index (κ3) is 3.76. The quantitative estimate of drug-likeness (QED) is 0.447.